The summed E-state index contributed by atoms with van der Waals surface area (Å²) in [5, 5.41) is 1.00. The van der Waals surface area contributed by atoms with Crippen molar-refractivity contribution in [3.63, 3.8) is 0 Å². The van der Waals surface area contributed by atoms with Crippen molar-refractivity contribution >= 4 is 34.3 Å². The van der Waals surface area contributed by atoms with Crippen molar-refractivity contribution < 1.29 is 9.53 Å². The predicted octanol–water partition coefficient (Wildman–Crippen LogP) is 4.21. The molecule has 1 aromatic carbocycles. The SMILES string of the molecule is CSc1ccc(O[C@H]2CCN(C3CCN(c4nc(C(C)(C)C)ns4)CC3)C2=O)cc1. The second-order valence-electron chi connectivity index (χ2n) is 8.97. The number of carbonyl (C=O) groups is 1. The van der Waals surface area contributed by atoms with E-state index < -0.39 is 0 Å². The van der Waals surface area contributed by atoms with Crippen LogP contribution >= 0.6 is 23.3 Å². The van der Waals surface area contributed by atoms with Gasteiger partial charge in [-0.2, -0.15) is 4.37 Å². The first-order valence-electron chi connectivity index (χ1n) is 10.6. The fraction of sp³-hybridized carbons (Fsp3) is 0.591. The molecule has 162 valence electrons. The van der Waals surface area contributed by atoms with E-state index in [1.807, 2.05) is 35.4 Å². The van der Waals surface area contributed by atoms with E-state index in [1.54, 1.807) is 11.8 Å². The first-order chi connectivity index (χ1) is 14.3. The fourth-order valence-electron chi connectivity index (χ4n) is 3.98. The second kappa shape index (κ2) is 8.75. The molecule has 0 aliphatic carbocycles. The van der Waals surface area contributed by atoms with Gasteiger partial charge < -0.3 is 14.5 Å². The van der Waals surface area contributed by atoms with Crippen LogP contribution in [0.3, 0.4) is 0 Å². The van der Waals surface area contributed by atoms with Gasteiger partial charge in [0.15, 0.2) is 6.10 Å². The fourth-order valence-corrected chi connectivity index (χ4v) is 5.30. The molecule has 2 aromatic rings. The van der Waals surface area contributed by atoms with Crippen LogP contribution in [0.25, 0.3) is 0 Å². The van der Waals surface area contributed by atoms with Gasteiger partial charge >= 0.3 is 0 Å². The van der Waals surface area contributed by atoms with Crippen molar-refractivity contribution in [3.8, 4) is 5.75 Å². The monoisotopic (exact) mass is 446 g/mol. The number of piperidine rings is 1. The van der Waals surface area contributed by atoms with Crippen LogP contribution in [0, 0.1) is 0 Å². The first kappa shape index (κ1) is 21.4. The average Bonchev–Trinajstić information content (AvgIpc) is 3.37. The first-order valence-corrected chi connectivity index (χ1v) is 12.6. The summed E-state index contributed by atoms with van der Waals surface area (Å²) in [6.45, 7) is 9.02. The van der Waals surface area contributed by atoms with E-state index in [1.165, 1.54) is 16.4 Å². The molecule has 0 N–H and O–H groups in total. The molecular formula is C22H30N4O2S2. The number of likely N-dealkylation sites (tertiary alicyclic amines) is 1. The van der Waals surface area contributed by atoms with Crippen LogP contribution in [-0.2, 0) is 10.2 Å². The molecule has 2 aliphatic heterocycles. The number of amides is 1. The van der Waals surface area contributed by atoms with E-state index in [9.17, 15) is 4.79 Å². The number of hydrogen-bond donors (Lipinski definition) is 0. The number of benzene rings is 1. The summed E-state index contributed by atoms with van der Waals surface area (Å²) < 4.78 is 10.5. The predicted molar refractivity (Wildman–Crippen MR) is 123 cm³/mol. The number of nitrogens with zero attached hydrogens (tertiary/aromatic N) is 4. The second-order valence-corrected chi connectivity index (χ2v) is 10.6. The van der Waals surface area contributed by atoms with Crippen molar-refractivity contribution in [3.05, 3.63) is 30.1 Å². The molecule has 2 aliphatic rings. The maximum absolute atomic E-state index is 13.0. The molecule has 0 bridgehead atoms. The maximum atomic E-state index is 13.0. The lowest BCUT2D eigenvalue weighted by molar-refractivity contribution is -0.135. The number of carbonyl (C=O) groups excluding carboxylic acids is 1. The summed E-state index contributed by atoms with van der Waals surface area (Å²) in [7, 11) is 0. The molecule has 0 radical (unpaired) electrons. The molecule has 4 rings (SSSR count). The Morgan fingerprint density at radius 1 is 1.10 bits per heavy atom. The van der Waals surface area contributed by atoms with Crippen LogP contribution in [0.4, 0.5) is 5.13 Å². The van der Waals surface area contributed by atoms with Crippen molar-refractivity contribution in [2.45, 2.75) is 62.5 Å². The van der Waals surface area contributed by atoms with Crippen LogP contribution in [0.2, 0.25) is 0 Å². The van der Waals surface area contributed by atoms with Crippen LogP contribution in [0.1, 0.15) is 45.9 Å². The Hall–Kier alpha value is -1.80. The van der Waals surface area contributed by atoms with E-state index in [4.69, 9.17) is 9.72 Å². The van der Waals surface area contributed by atoms with Gasteiger partial charge in [-0.1, -0.05) is 20.8 Å². The van der Waals surface area contributed by atoms with Gasteiger partial charge in [-0.05, 0) is 43.4 Å². The smallest absolute Gasteiger partial charge is 0.263 e. The Kier molecular flexibility index (Phi) is 6.25. The highest BCUT2D eigenvalue weighted by molar-refractivity contribution is 7.98. The van der Waals surface area contributed by atoms with Gasteiger partial charge in [0.2, 0.25) is 5.13 Å². The molecule has 1 atom stereocenters. The highest BCUT2D eigenvalue weighted by atomic mass is 32.2. The summed E-state index contributed by atoms with van der Waals surface area (Å²) in [6.07, 6.45) is 4.37. The van der Waals surface area contributed by atoms with Gasteiger partial charge in [-0.3, -0.25) is 4.79 Å². The minimum atomic E-state index is -0.360. The van der Waals surface area contributed by atoms with Crippen molar-refractivity contribution in [1.82, 2.24) is 14.3 Å². The third-order valence-corrected chi connectivity index (χ3v) is 7.31. The van der Waals surface area contributed by atoms with E-state index in [-0.39, 0.29) is 23.5 Å². The lowest BCUT2D eigenvalue weighted by Gasteiger charge is -2.36. The van der Waals surface area contributed by atoms with Gasteiger partial charge in [0.05, 0.1) is 0 Å². The molecule has 6 nitrogen and oxygen atoms in total. The Morgan fingerprint density at radius 2 is 1.80 bits per heavy atom. The summed E-state index contributed by atoms with van der Waals surface area (Å²) >= 11 is 3.18. The molecule has 0 saturated carbocycles. The summed E-state index contributed by atoms with van der Waals surface area (Å²) in [4.78, 5) is 23.3. The van der Waals surface area contributed by atoms with Crippen molar-refractivity contribution in [1.29, 1.82) is 0 Å². The zero-order valence-corrected chi connectivity index (χ0v) is 19.8. The molecular weight excluding hydrogens is 416 g/mol. The van der Waals surface area contributed by atoms with Crippen LogP contribution in [0.5, 0.6) is 5.75 Å². The van der Waals surface area contributed by atoms with Gasteiger partial charge in [0.25, 0.3) is 5.91 Å². The average molecular weight is 447 g/mol. The quantitative estimate of drug-likeness (QED) is 0.642. The number of anilines is 1. The van der Waals surface area contributed by atoms with Crippen LogP contribution in [0.15, 0.2) is 29.2 Å². The third kappa shape index (κ3) is 4.59. The van der Waals surface area contributed by atoms with E-state index in [0.29, 0.717) is 0 Å². The molecule has 0 spiro atoms. The van der Waals surface area contributed by atoms with Crippen molar-refractivity contribution in [2.24, 2.45) is 0 Å². The van der Waals surface area contributed by atoms with Gasteiger partial charge in [0.1, 0.15) is 11.6 Å². The number of ether oxygens (including phenoxy) is 1. The van der Waals surface area contributed by atoms with Crippen molar-refractivity contribution in [2.75, 3.05) is 30.8 Å². The highest BCUT2D eigenvalue weighted by Gasteiger charge is 2.38. The molecule has 2 fully saturated rings. The number of thioether (sulfide) groups is 1. The maximum Gasteiger partial charge on any atom is 0.263 e. The standard InChI is InChI=1S/C22H30N4O2S2/c1-22(2,3)20-23-21(30-24-20)25-12-9-15(10-13-25)26-14-11-18(19(26)27)28-16-5-7-17(29-4)8-6-16/h5-8,15,18H,9-14H2,1-4H3/t18-/m0/s1. The Morgan fingerprint density at radius 3 is 2.40 bits per heavy atom. The third-order valence-electron chi connectivity index (χ3n) is 5.79. The molecule has 2 saturated heterocycles. The molecule has 1 aromatic heterocycles. The lowest BCUT2D eigenvalue weighted by Crippen LogP contribution is -2.47. The summed E-state index contributed by atoms with van der Waals surface area (Å²) in [5.41, 5.74) is -0.0280. The van der Waals surface area contributed by atoms with Gasteiger partial charge in [0, 0.05) is 53.9 Å². The summed E-state index contributed by atoms with van der Waals surface area (Å²) in [6, 6.07) is 8.26. The molecule has 3 heterocycles. The number of rotatable bonds is 5. The van der Waals surface area contributed by atoms with Crippen LogP contribution < -0.4 is 9.64 Å². The Bertz CT molecular complexity index is 870. The highest BCUT2D eigenvalue weighted by Crippen LogP contribution is 2.30. The van der Waals surface area contributed by atoms with E-state index >= 15 is 0 Å². The largest absolute Gasteiger partial charge is 0.481 e. The van der Waals surface area contributed by atoms with E-state index in [0.717, 1.165) is 55.6 Å². The topological polar surface area (TPSA) is 58.6 Å². The Labute approximate surface area is 187 Å². The number of aromatic nitrogens is 2. The minimum absolute atomic E-state index is 0.0280. The van der Waals surface area contributed by atoms with Gasteiger partial charge in [-0.15, -0.1) is 11.8 Å². The zero-order chi connectivity index (χ0) is 21.3. The molecule has 8 heteroatoms. The normalized spacial score (nSPS) is 20.8. The van der Waals surface area contributed by atoms with Crippen LogP contribution in [-0.4, -0.2) is 58.2 Å². The molecule has 1 amide bonds. The number of hydrogen-bond acceptors (Lipinski definition) is 7. The molecule has 0 unspecified atom stereocenters. The summed E-state index contributed by atoms with van der Waals surface area (Å²) in [5.74, 6) is 1.81. The van der Waals surface area contributed by atoms with E-state index in [2.05, 4.69) is 30.0 Å². The zero-order valence-electron chi connectivity index (χ0n) is 18.1. The Balaban J connectivity index is 1.31. The molecule has 30 heavy (non-hydrogen) atoms. The van der Waals surface area contributed by atoms with Gasteiger partial charge in [-0.25, -0.2) is 4.98 Å². The lowest BCUT2D eigenvalue weighted by atomic mass is 9.96. The minimum Gasteiger partial charge on any atom is -0.481 e.